The van der Waals surface area contributed by atoms with Gasteiger partial charge in [0.25, 0.3) is 5.69 Å². The van der Waals surface area contributed by atoms with Crippen molar-refractivity contribution in [2.24, 2.45) is 5.92 Å². The van der Waals surface area contributed by atoms with Gasteiger partial charge in [0.2, 0.25) is 0 Å². The van der Waals surface area contributed by atoms with E-state index in [2.05, 4.69) is 5.32 Å². The van der Waals surface area contributed by atoms with Gasteiger partial charge in [-0.25, -0.2) is 4.79 Å². The molecular formula is C11H14N2O4. The van der Waals surface area contributed by atoms with Crippen LogP contribution >= 0.6 is 0 Å². The van der Waals surface area contributed by atoms with Crippen molar-refractivity contribution >= 4 is 17.3 Å². The molecule has 1 aromatic rings. The third-order valence-electron chi connectivity index (χ3n) is 2.33. The van der Waals surface area contributed by atoms with Gasteiger partial charge in [-0.3, -0.25) is 10.1 Å². The lowest BCUT2D eigenvalue weighted by molar-refractivity contribution is -0.384. The Morgan fingerprint density at radius 1 is 1.35 bits per heavy atom. The summed E-state index contributed by atoms with van der Waals surface area (Å²) in [4.78, 5) is 20.9. The van der Waals surface area contributed by atoms with Crippen LogP contribution in [0.2, 0.25) is 0 Å². The molecule has 0 radical (unpaired) electrons. The van der Waals surface area contributed by atoms with Gasteiger partial charge < -0.3 is 10.4 Å². The Kier molecular flexibility index (Phi) is 4.03. The second kappa shape index (κ2) is 5.29. The van der Waals surface area contributed by atoms with Crippen LogP contribution in [0.5, 0.6) is 0 Å². The predicted octanol–water partition coefficient (Wildman–Crippen LogP) is 2.12. The van der Waals surface area contributed by atoms with Crippen LogP contribution in [-0.4, -0.2) is 22.0 Å². The minimum atomic E-state index is -0.946. The number of carboxylic acid groups (broad SMARTS) is 1. The number of hydrogen-bond acceptors (Lipinski definition) is 4. The second-order valence-corrected chi connectivity index (χ2v) is 4.01. The van der Waals surface area contributed by atoms with E-state index in [0.717, 1.165) is 0 Å². The van der Waals surface area contributed by atoms with Crippen molar-refractivity contribution in [1.29, 1.82) is 0 Å². The molecule has 0 aliphatic carbocycles. The molecule has 0 fully saturated rings. The van der Waals surface area contributed by atoms with E-state index in [1.54, 1.807) is 13.8 Å². The van der Waals surface area contributed by atoms with Gasteiger partial charge in [-0.05, 0) is 18.1 Å². The summed E-state index contributed by atoms with van der Waals surface area (Å²) >= 11 is 0. The quantitative estimate of drug-likeness (QED) is 0.605. The van der Waals surface area contributed by atoms with Gasteiger partial charge >= 0.3 is 5.97 Å². The Bertz CT molecular complexity index is 414. The van der Waals surface area contributed by atoms with Crippen LogP contribution in [0.3, 0.4) is 0 Å². The number of nitrogens with one attached hydrogen (secondary N) is 1. The van der Waals surface area contributed by atoms with Crippen molar-refractivity contribution in [1.82, 2.24) is 0 Å². The molecule has 17 heavy (non-hydrogen) atoms. The number of hydrogen-bond donors (Lipinski definition) is 2. The smallest absolute Gasteiger partial charge is 0.326 e. The normalized spacial score (nSPS) is 12.2. The summed E-state index contributed by atoms with van der Waals surface area (Å²) in [6, 6.07) is 4.95. The number of rotatable bonds is 5. The Labute approximate surface area is 98.4 Å². The zero-order chi connectivity index (χ0) is 13.0. The minimum Gasteiger partial charge on any atom is -0.480 e. The highest BCUT2D eigenvalue weighted by Crippen LogP contribution is 2.17. The first-order chi connectivity index (χ1) is 7.91. The maximum atomic E-state index is 10.9. The number of benzene rings is 1. The molecule has 1 atom stereocenters. The zero-order valence-electron chi connectivity index (χ0n) is 9.58. The number of anilines is 1. The summed E-state index contributed by atoms with van der Waals surface area (Å²) < 4.78 is 0. The highest BCUT2D eigenvalue weighted by Gasteiger charge is 2.21. The Morgan fingerprint density at radius 2 is 1.88 bits per heavy atom. The number of carboxylic acids is 1. The van der Waals surface area contributed by atoms with E-state index in [1.807, 2.05) is 0 Å². The van der Waals surface area contributed by atoms with Crippen LogP contribution in [0.15, 0.2) is 24.3 Å². The third kappa shape index (κ3) is 3.44. The van der Waals surface area contributed by atoms with Crippen LogP contribution in [0.1, 0.15) is 13.8 Å². The number of non-ortho nitro benzene ring substituents is 1. The van der Waals surface area contributed by atoms with Crippen LogP contribution in [-0.2, 0) is 4.79 Å². The van der Waals surface area contributed by atoms with Crippen molar-refractivity contribution in [3.8, 4) is 0 Å². The lowest BCUT2D eigenvalue weighted by Crippen LogP contribution is -2.34. The van der Waals surface area contributed by atoms with Crippen LogP contribution in [0.4, 0.5) is 11.4 Å². The molecule has 0 amide bonds. The molecule has 6 heteroatoms. The van der Waals surface area contributed by atoms with Gasteiger partial charge in [-0.2, -0.15) is 0 Å². The van der Waals surface area contributed by atoms with Crippen molar-refractivity contribution < 1.29 is 14.8 Å². The summed E-state index contributed by atoms with van der Waals surface area (Å²) in [6.07, 6.45) is 0. The summed E-state index contributed by atoms with van der Waals surface area (Å²) in [5.74, 6) is -1.03. The summed E-state index contributed by atoms with van der Waals surface area (Å²) in [5.41, 5.74) is 0.531. The fourth-order valence-corrected chi connectivity index (χ4v) is 1.37. The van der Waals surface area contributed by atoms with Crippen LogP contribution < -0.4 is 5.32 Å². The molecule has 0 aromatic heterocycles. The first-order valence-corrected chi connectivity index (χ1v) is 5.15. The Hall–Kier alpha value is -2.11. The molecule has 2 N–H and O–H groups in total. The summed E-state index contributed by atoms with van der Waals surface area (Å²) in [5, 5.41) is 22.2. The third-order valence-corrected chi connectivity index (χ3v) is 2.33. The fourth-order valence-electron chi connectivity index (χ4n) is 1.37. The van der Waals surface area contributed by atoms with E-state index in [-0.39, 0.29) is 11.6 Å². The lowest BCUT2D eigenvalue weighted by Gasteiger charge is -2.18. The number of nitro benzene ring substituents is 1. The van der Waals surface area contributed by atoms with Gasteiger partial charge in [0, 0.05) is 17.8 Å². The minimum absolute atomic E-state index is 0.0213. The first-order valence-electron chi connectivity index (χ1n) is 5.15. The van der Waals surface area contributed by atoms with Crippen molar-refractivity contribution in [3.63, 3.8) is 0 Å². The first kappa shape index (κ1) is 13.0. The second-order valence-electron chi connectivity index (χ2n) is 4.01. The molecule has 0 bridgehead atoms. The Balaban J connectivity index is 2.80. The molecule has 0 spiro atoms. The molecule has 92 valence electrons. The zero-order valence-corrected chi connectivity index (χ0v) is 9.58. The summed E-state index contributed by atoms with van der Waals surface area (Å²) in [6.45, 7) is 3.58. The number of nitrogens with zero attached hydrogens (tertiary/aromatic N) is 1. The molecule has 0 heterocycles. The van der Waals surface area contributed by atoms with Gasteiger partial charge in [0.15, 0.2) is 0 Å². The van der Waals surface area contributed by atoms with Gasteiger partial charge in [-0.1, -0.05) is 13.8 Å². The van der Waals surface area contributed by atoms with Crippen molar-refractivity contribution in [2.45, 2.75) is 19.9 Å². The number of aliphatic carboxylic acids is 1. The van der Waals surface area contributed by atoms with E-state index in [9.17, 15) is 14.9 Å². The molecule has 0 aliphatic heterocycles. The van der Waals surface area contributed by atoms with Gasteiger partial charge in [0.05, 0.1) is 4.92 Å². The topological polar surface area (TPSA) is 92.5 Å². The molecule has 6 nitrogen and oxygen atoms in total. The average molecular weight is 238 g/mol. The van der Waals surface area contributed by atoms with E-state index in [0.29, 0.717) is 5.69 Å². The molecule has 0 aliphatic rings. The predicted molar refractivity (Wildman–Crippen MR) is 63.0 cm³/mol. The fraction of sp³-hybridized carbons (Fsp3) is 0.364. The molecule has 1 rings (SSSR count). The van der Waals surface area contributed by atoms with E-state index >= 15 is 0 Å². The molecule has 0 saturated heterocycles. The summed E-state index contributed by atoms with van der Waals surface area (Å²) in [7, 11) is 0. The van der Waals surface area contributed by atoms with E-state index in [1.165, 1.54) is 24.3 Å². The largest absolute Gasteiger partial charge is 0.480 e. The molecular weight excluding hydrogens is 224 g/mol. The molecule has 0 unspecified atom stereocenters. The highest BCUT2D eigenvalue weighted by atomic mass is 16.6. The van der Waals surface area contributed by atoms with E-state index in [4.69, 9.17) is 5.11 Å². The average Bonchev–Trinajstić information content (AvgIpc) is 2.25. The lowest BCUT2D eigenvalue weighted by atomic mass is 10.0. The monoisotopic (exact) mass is 238 g/mol. The van der Waals surface area contributed by atoms with Gasteiger partial charge in [-0.15, -0.1) is 0 Å². The number of carbonyl (C=O) groups is 1. The van der Waals surface area contributed by atoms with Crippen LogP contribution in [0.25, 0.3) is 0 Å². The standard InChI is InChI=1S/C11H14N2O4/c1-7(2)10(11(14)15)12-8-3-5-9(6-4-8)13(16)17/h3-7,10,12H,1-2H3,(H,14,15)/t10-/m0/s1. The van der Waals surface area contributed by atoms with Crippen LogP contribution in [0, 0.1) is 16.0 Å². The Morgan fingerprint density at radius 3 is 2.24 bits per heavy atom. The number of nitro groups is 1. The maximum absolute atomic E-state index is 10.9. The van der Waals surface area contributed by atoms with Gasteiger partial charge in [0.1, 0.15) is 6.04 Å². The SMILES string of the molecule is CC(C)[C@H](Nc1ccc([N+](=O)[O-])cc1)C(=O)O. The van der Waals surface area contributed by atoms with Crippen molar-refractivity contribution in [3.05, 3.63) is 34.4 Å². The molecule has 0 saturated carbocycles. The molecule has 1 aromatic carbocycles. The van der Waals surface area contributed by atoms with Crippen molar-refractivity contribution in [2.75, 3.05) is 5.32 Å². The van der Waals surface area contributed by atoms with E-state index < -0.39 is 16.9 Å². The highest BCUT2D eigenvalue weighted by molar-refractivity contribution is 5.77. The maximum Gasteiger partial charge on any atom is 0.326 e.